The van der Waals surface area contributed by atoms with Crippen LogP contribution in [0.5, 0.6) is 0 Å². The summed E-state index contributed by atoms with van der Waals surface area (Å²) in [6.07, 6.45) is 0. The molecule has 2 N–H and O–H groups in total. The first kappa shape index (κ1) is 11.6. The summed E-state index contributed by atoms with van der Waals surface area (Å²) < 4.78 is 0. The minimum absolute atomic E-state index is 0.0859. The minimum atomic E-state index is -0.101. The summed E-state index contributed by atoms with van der Waals surface area (Å²) in [5.41, 5.74) is 0. The second-order valence-electron chi connectivity index (χ2n) is 3.17. The van der Waals surface area contributed by atoms with E-state index in [9.17, 15) is 4.79 Å². The lowest BCUT2D eigenvalue weighted by Gasteiger charge is -2.08. The van der Waals surface area contributed by atoms with Crippen LogP contribution < -0.4 is 5.32 Å². The number of aliphatic hydroxyl groups is 1. The third kappa shape index (κ3) is 3.32. The van der Waals surface area contributed by atoms with Gasteiger partial charge >= 0.3 is 0 Å². The van der Waals surface area contributed by atoms with Gasteiger partial charge in [-0.15, -0.1) is 24.0 Å². The Morgan fingerprint density at radius 1 is 1.79 bits per heavy atom. The molecule has 0 spiro atoms. The Morgan fingerprint density at radius 2 is 2.50 bits per heavy atom. The first-order chi connectivity index (χ1) is 6.63. The Hall–Kier alpha value is -0.520. The van der Waals surface area contributed by atoms with Crippen molar-refractivity contribution in [2.45, 2.75) is 11.8 Å². The van der Waals surface area contributed by atoms with E-state index in [4.69, 9.17) is 5.11 Å². The van der Waals surface area contributed by atoms with Gasteiger partial charge in [-0.1, -0.05) is 6.92 Å². The average Bonchev–Trinajstić information content (AvgIpc) is 2.60. The van der Waals surface area contributed by atoms with Crippen molar-refractivity contribution >= 4 is 29.9 Å². The molecule has 0 aliphatic heterocycles. The Labute approximate surface area is 92.6 Å². The molecule has 0 fully saturated rings. The Bertz CT molecular complexity index is 312. The van der Waals surface area contributed by atoms with Gasteiger partial charge in [0.2, 0.25) is 0 Å². The highest BCUT2D eigenvalue weighted by atomic mass is 32.1. The molecule has 0 aromatic carbocycles. The van der Waals surface area contributed by atoms with E-state index in [2.05, 4.69) is 17.9 Å². The summed E-state index contributed by atoms with van der Waals surface area (Å²) in [5, 5.41) is 13.3. The molecule has 0 bridgehead atoms. The summed E-state index contributed by atoms with van der Waals surface area (Å²) in [4.78, 5) is 12.9. The van der Waals surface area contributed by atoms with Gasteiger partial charge in [-0.3, -0.25) is 4.79 Å². The van der Waals surface area contributed by atoms with Gasteiger partial charge in [0.05, 0.1) is 4.88 Å². The molecule has 14 heavy (non-hydrogen) atoms. The second kappa shape index (κ2) is 5.38. The third-order valence-corrected chi connectivity index (χ3v) is 3.09. The predicted molar refractivity (Wildman–Crippen MR) is 60.2 cm³/mol. The van der Waals surface area contributed by atoms with Crippen molar-refractivity contribution in [1.29, 1.82) is 0 Å². The zero-order valence-electron chi connectivity index (χ0n) is 7.86. The average molecular weight is 231 g/mol. The molecule has 1 unspecified atom stereocenters. The van der Waals surface area contributed by atoms with E-state index >= 15 is 0 Å². The molecule has 0 saturated heterocycles. The van der Waals surface area contributed by atoms with Crippen LogP contribution in [0.3, 0.4) is 0 Å². The zero-order chi connectivity index (χ0) is 10.6. The van der Waals surface area contributed by atoms with Crippen LogP contribution in [-0.4, -0.2) is 24.2 Å². The number of hydrogen-bond acceptors (Lipinski definition) is 4. The first-order valence-electron chi connectivity index (χ1n) is 4.30. The number of rotatable bonds is 4. The number of carbonyl (C=O) groups excluding carboxylic acids is 1. The van der Waals surface area contributed by atoms with Crippen molar-refractivity contribution in [3.63, 3.8) is 0 Å². The van der Waals surface area contributed by atoms with Gasteiger partial charge in [-0.25, -0.2) is 0 Å². The fraction of sp³-hybridized carbons (Fsp3) is 0.444. The predicted octanol–water partition coefficient (Wildman–Crippen LogP) is 1.39. The van der Waals surface area contributed by atoms with Crippen molar-refractivity contribution in [2.24, 2.45) is 5.92 Å². The van der Waals surface area contributed by atoms with Gasteiger partial charge in [-0.05, 0) is 12.0 Å². The number of thiol groups is 1. The zero-order valence-corrected chi connectivity index (χ0v) is 9.57. The molecule has 78 valence electrons. The Balaban J connectivity index is 2.43. The van der Waals surface area contributed by atoms with Crippen molar-refractivity contribution < 1.29 is 9.90 Å². The highest BCUT2D eigenvalue weighted by Crippen LogP contribution is 2.17. The van der Waals surface area contributed by atoms with Crippen molar-refractivity contribution in [3.8, 4) is 0 Å². The smallest absolute Gasteiger partial charge is 0.261 e. The van der Waals surface area contributed by atoms with E-state index in [0.717, 1.165) is 4.90 Å². The molecule has 3 nitrogen and oxygen atoms in total. The molecule has 0 aliphatic carbocycles. The molecular weight excluding hydrogens is 218 g/mol. The summed E-state index contributed by atoms with van der Waals surface area (Å²) in [6, 6.07) is 1.73. The van der Waals surface area contributed by atoms with Crippen LogP contribution >= 0.6 is 24.0 Å². The summed E-state index contributed by atoms with van der Waals surface area (Å²) in [6.45, 7) is 2.45. The Morgan fingerprint density at radius 3 is 3.00 bits per heavy atom. The van der Waals surface area contributed by atoms with Crippen LogP contribution in [0.4, 0.5) is 0 Å². The van der Waals surface area contributed by atoms with E-state index in [1.54, 1.807) is 6.07 Å². The summed E-state index contributed by atoms with van der Waals surface area (Å²) in [7, 11) is 0. The number of carbonyl (C=O) groups is 1. The first-order valence-corrected chi connectivity index (χ1v) is 5.62. The molecule has 0 radical (unpaired) electrons. The third-order valence-electron chi connectivity index (χ3n) is 1.73. The van der Waals surface area contributed by atoms with Crippen LogP contribution in [0.15, 0.2) is 16.3 Å². The number of nitrogens with one attached hydrogen (secondary N) is 1. The largest absolute Gasteiger partial charge is 0.396 e. The van der Waals surface area contributed by atoms with E-state index in [-0.39, 0.29) is 18.4 Å². The lowest BCUT2D eigenvalue weighted by molar-refractivity contribution is 0.0946. The normalized spacial score (nSPS) is 12.5. The molecule has 1 aromatic rings. The van der Waals surface area contributed by atoms with Crippen LogP contribution in [0.1, 0.15) is 16.6 Å². The molecule has 0 aliphatic rings. The highest BCUT2D eigenvalue weighted by Gasteiger charge is 2.08. The van der Waals surface area contributed by atoms with E-state index < -0.39 is 0 Å². The number of amides is 1. The van der Waals surface area contributed by atoms with Gasteiger partial charge in [0.15, 0.2) is 0 Å². The van der Waals surface area contributed by atoms with Crippen molar-refractivity contribution in [2.75, 3.05) is 13.2 Å². The molecule has 1 amide bonds. The maximum absolute atomic E-state index is 11.5. The maximum atomic E-state index is 11.5. The van der Waals surface area contributed by atoms with Crippen molar-refractivity contribution in [3.05, 3.63) is 16.3 Å². The molecule has 1 atom stereocenters. The van der Waals surface area contributed by atoms with E-state index in [0.29, 0.717) is 11.4 Å². The van der Waals surface area contributed by atoms with E-state index in [1.807, 2.05) is 12.3 Å². The summed E-state index contributed by atoms with van der Waals surface area (Å²) in [5.74, 6) is -0.00927. The lowest BCUT2D eigenvalue weighted by atomic mass is 10.2. The van der Waals surface area contributed by atoms with E-state index in [1.165, 1.54) is 11.3 Å². The fourth-order valence-corrected chi connectivity index (χ4v) is 1.93. The van der Waals surface area contributed by atoms with Gasteiger partial charge in [0, 0.05) is 23.4 Å². The molecule has 0 saturated carbocycles. The van der Waals surface area contributed by atoms with Crippen LogP contribution in [-0.2, 0) is 0 Å². The maximum Gasteiger partial charge on any atom is 0.261 e. The van der Waals surface area contributed by atoms with Crippen LogP contribution in [0, 0.1) is 5.92 Å². The topological polar surface area (TPSA) is 49.3 Å². The SMILES string of the molecule is CC(CO)CNC(=O)c1cc(S)cs1. The van der Waals surface area contributed by atoms with Gasteiger partial charge < -0.3 is 10.4 Å². The van der Waals surface area contributed by atoms with Crippen LogP contribution in [0.2, 0.25) is 0 Å². The number of aliphatic hydroxyl groups excluding tert-OH is 1. The lowest BCUT2D eigenvalue weighted by Crippen LogP contribution is -2.28. The number of hydrogen-bond donors (Lipinski definition) is 3. The van der Waals surface area contributed by atoms with Gasteiger partial charge in [0.1, 0.15) is 0 Å². The monoisotopic (exact) mass is 231 g/mol. The van der Waals surface area contributed by atoms with Crippen molar-refractivity contribution in [1.82, 2.24) is 5.32 Å². The molecule has 1 aromatic heterocycles. The summed E-state index contributed by atoms with van der Waals surface area (Å²) >= 11 is 5.48. The molecule has 1 heterocycles. The van der Waals surface area contributed by atoms with Gasteiger partial charge in [-0.2, -0.15) is 0 Å². The molecular formula is C9H13NO2S2. The second-order valence-corrected chi connectivity index (χ2v) is 4.59. The quantitative estimate of drug-likeness (QED) is 0.686. The minimum Gasteiger partial charge on any atom is -0.396 e. The molecule has 1 rings (SSSR count). The highest BCUT2D eigenvalue weighted by molar-refractivity contribution is 7.80. The number of thiophene rings is 1. The van der Waals surface area contributed by atoms with Gasteiger partial charge in [0.25, 0.3) is 5.91 Å². The standard InChI is InChI=1S/C9H13NO2S2/c1-6(4-11)3-10-9(12)8-2-7(13)5-14-8/h2,5-6,11,13H,3-4H2,1H3,(H,10,12). The van der Waals surface area contributed by atoms with Crippen LogP contribution in [0.25, 0.3) is 0 Å². The Kier molecular flexibility index (Phi) is 4.44. The fourth-order valence-electron chi connectivity index (χ4n) is 0.864. The molecule has 5 heteroatoms.